The summed E-state index contributed by atoms with van der Waals surface area (Å²) in [4.78, 5) is 27.5. The second-order valence-corrected chi connectivity index (χ2v) is 7.34. The molecule has 4 rings (SSSR count). The summed E-state index contributed by atoms with van der Waals surface area (Å²) in [6.45, 7) is 1.43. The van der Waals surface area contributed by atoms with E-state index in [0.717, 1.165) is 55.7 Å². The summed E-state index contributed by atoms with van der Waals surface area (Å²) >= 11 is 0. The standard InChI is InChI=1S/C20H26N4O3/c1-27-16-8-5-7-15(13-16)17-9-6-12-22(17)19(25)14-24-20(26)23-11-4-2-3-10-18(23)21-24/h5,7-8,13,17H,2-4,6,9-12,14H2,1H3. The molecule has 1 unspecified atom stereocenters. The summed E-state index contributed by atoms with van der Waals surface area (Å²) in [5.41, 5.74) is 0.922. The lowest BCUT2D eigenvalue weighted by molar-refractivity contribution is -0.133. The Balaban J connectivity index is 1.53. The lowest BCUT2D eigenvalue weighted by atomic mass is 10.0. The van der Waals surface area contributed by atoms with Gasteiger partial charge in [0.2, 0.25) is 5.91 Å². The Labute approximate surface area is 158 Å². The van der Waals surface area contributed by atoms with Gasteiger partial charge in [0, 0.05) is 19.5 Å². The van der Waals surface area contributed by atoms with Crippen molar-refractivity contribution in [1.29, 1.82) is 0 Å². The number of likely N-dealkylation sites (tertiary alicyclic amines) is 1. The van der Waals surface area contributed by atoms with Crippen molar-refractivity contribution in [2.75, 3.05) is 13.7 Å². The number of amides is 1. The lowest BCUT2D eigenvalue weighted by Gasteiger charge is -2.25. The Bertz CT molecular complexity index is 886. The van der Waals surface area contributed by atoms with Crippen LogP contribution in [0.25, 0.3) is 0 Å². The van der Waals surface area contributed by atoms with Crippen LogP contribution in [0.4, 0.5) is 0 Å². The van der Waals surface area contributed by atoms with Gasteiger partial charge in [-0.3, -0.25) is 9.36 Å². The molecular weight excluding hydrogens is 344 g/mol. The van der Waals surface area contributed by atoms with Gasteiger partial charge in [0.1, 0.15) is 18.1 Å². The number of rotatable bonds is 4. The van der Waals surface area contributed by atoms with Gasteiger partial charge in [-0.2, -0.15) is 5.10 Å². The first kappa shape index (κ1) is 17.8. The largest absolute Gasteiger partial charge is 0.497 e. The van der Waals surface area contributed by atoms with E-state index in [9.17, 15) is 9.59 Å². The van der Waals surface area contributed by atoms with E-state index in [4.69, 9.17) is 4.74 Å². The molecule has 1 fully saturated rings. The molecule has 2 aliphatic heterocycles. The third kappa shape index (κ3) is 3.50. The molecule has 0 radical (unpaired) electrons. The molecule has 2 aliphatic rings. The molecule has 1 atom stereocenters. The van der Waals surface area contributed by atoms with E-state index < -0.39 is 0 Å². The number of methoxy groups -OCH3 is 1. The first-order valence-electron chi connectivity index (χ1n) is 9.77. The molecule has 0 aliphatic carbocycles. The fourth-order valence-corrected chi connectivity index (χ4v) is 4.21. The molecule has 27 heavy (non-hydrogen) atoms. The monoisotopic (exact) mass is 370 g/mol. The first-order chi connectivity index (χ1) is 13.2. The van der Waals surface area contributed by atoms with Crippen molar-refractivity contribution in [2.45, 2.75) is 57.7 Å². The highest BCUT2D eigenvalue weighted by molar-refractivity contribution is 5.76. The highest BCUT2D eigenvalue weighted by atomic mass is 16.5. The summed E-state index contributed by atoms with van der Waals surface area (Å²) in [6, 6.07) is 7.91. The van der Waals surface area contributed by atoms with Crippen LogP contribution in [0.2, 0.25) is 0 Å². The fourth-order valence-electron chi connectivity index (χ4n) is 4.21. The number of aryl methyl sites for hydroxylation is 1. The van der Waals surface area contributed by atoms with Crippen molar-refractivity contribution in [1.82, 2.24) is 19.2 Å². The Morgan fingerprint density at radius 2 is 2.11 bits per heavy atom. The van der Waals surface area contributed by atoms with Crippen molar-refractivity contribution in [3.8, 4) is 5.75 Å². The number of carbonyl (C=O) groups excluding carboxylic acids is 1. The maximum atomic E-state index is 13.0. The number of aromatic nitrogens is 3. The van der Waals surface area contributed by atoms with Crippen LogP contribution in [0.3, 0.4) is 0 Å². The summed E-state index contributed by atoms with van der Waals surface area (Å²) in [5, 5.41) is 4.45. The van der Waals surface area contributed by atoms with Crippen LogP contribution >= 0.6 is 0 Å². The molecular formula is C20H26N4O3. The van der Waals surface area contributed by atoms with E-state index in [-0.39, 0.29) is 24.2 Å². The zero-order chi connectivity index (χ0) is 18.8. The highest BCUT2D eigenvalue weighted by Crippen LogP contribution is 2.33. The average molecular weight is 370 g/mol. The normalized spacial score (nSPS) is 19.6. The van der Waals surface area contributed by atoms with Crippen molar-refractivity contribution >= 4 is 5.91 Å². The molecule has 1 aromatic carbocycles. The summed E-state index contributed by atoms with van der Waals surface area (Å²) in [7, 11) is 1.64. The Kier molecular flexibility index (Phi) is 5.01. The van der Waals surface area contributed by atoms with Gasteiger partial charge in [-0.05, 0) is 43.4 Å². The van der Waals surface area contributed by atoms with Gasteiger partial charge in [0.05, 0.1) is 13.2 Å². The average Bonchev–Trinajstić information content (AvgIpc) is 3.20. The summed E-state index contributed by atoms with van der Waals surface area (Å²) in [6.07, 6.45) is 5.87. The van der Waals surface area contributed by atoms with Crippen molar-refractivity contribution in [3.05, 3.63) is 46.1 Å². The third-order valence-electron chi connectivity index (χ3n) is 5.62. The molecule has 0 saturated carbocycles. The quantitative estimate of drug-likeness (QED) is 0.827. The molecule has 0 bridgehead atoms. The zero-order valence-corrected chi connectivity index (χ0v) is 15.8. The van der Waals surface area contributed by atoms with E-state index >= 15 is 0 Å². The zero-order valence-electron chi connectivity index (χ0n) is 15.8. The summed E-state index contributed by atoms with van der Waals surface area (Å²) < 4.78 is 8.41. The Morgan fingerprint density at radius 1 is 1.22 bits per heavy atom. The molecule has 7 heteroatoms. The van der Waals surface area contributed by atoms with Crippen LogP contribution in [0, 0.1) is 0 Å². The highest BCUT2D eigenvalue weighted by Gasteiger charge is 2.31. The number of benzene rings is 1. The molecule has 1 amide bonds. The molecule has 1 aromatic heterocycles. The smallest absolute Gasteiger partial charge is 0.346 e. The van der Waals surface area contributed by atoms with Crippen molar-refractivity contribution in [3.63, 3.8) is 0 Å². The maximum absolute atomic E-state index is 13.0. The predicted octanol–water partition coefficient (Wildman–Crippen LogP) is 2.14. The van der Waals surface area contributed by atoms with E-state index in [1.165, 1.54) is 4.68 Å². The lowest BCUT2D eigenvalue weighted by Crippen LogP contribution is -2.37. The first-order valence-corrected chi connectivity index (χ1v) is 9.77. The second-order valence-electron chi connectivity index (χ2n) is 7.34. The fraction of sp³-hybridized carbons (Fsp3) is 0.550. The van der Waals surface area contributed by atoms with E-state index in [2.05, 4.69) is 5.10 Å². The topological polar surface area (TPSA) is 69.4 Å². The minimum absolute atomic E-state index is 0.0132. The molecule has 0 N–H and O–H groups in total. The number of fused-ring (bicyclic) bond motifs is 1. The number of nitrogens with zero attached hydrogens (tertiary/aromatic N) is 4. The molecule has 144 valence electrons. The van der Waals surface area contributed by atoms with Gasteiger partial charge in [-0.1, -0.05) is 18.6 Å². The van der Waals surface area contributed by atoms with Crippen LogP contribution in [0.5, 0.6) is 5.75 Å². The Morgan fingerprint density at radius 3 is 2.96 bits per heavy atom. The van der Waals surface area contributed by atoms with Crippen molar-refractivity contribution in [2.24, 2.45) is 0 Å². The molecule has 3 heterocycles. The molecule has 1 saturated heterocycles. The van der Waals surface area contributed by atoms with Gasteiger partial charge in [-0.25, -0.2) is 9.48 Å². The molecule has 2 aromatic rings. The van der Waals surface area contributed by atoms with E-state index in [0.29, 0.717) is 13.1 Å². The van der Waals surface area contributed by atoms with Crippen LogP contribution in [-0.4, -0.2) is 38.8 Å². The maximum Gasteiger partial charge on any atom is 0.346 e. The van der Waals surface area contributed by atoms with Gasteiger partial charge < -0.3 is 9.64 Å². The van der Waals surface area contributed by atoms with Crippen LogP contribution in [0.15, 0.2) is 29.1 Å². The van der Waals surface area contributed by atoms with Crippen LogP contribution in [-0.2, 0) is 24.3 Å². The Hall–Kier alpha value is -2.57. The number of hydrogen-bond acceptors (Lipinski definition) is 4. The molecule has 7 nitrogen and oxygen atoms in total. The third-order valence-corrected chi connectivity index (χ3v) is 5.62. The minimum atomic E-state index is -0.155. The number of carbonyl (C=O) groups is 1. The number of ether oxygens (including phenoxy) is 1. The van der Waals surface area contributed by atoms with Crippen LogP contribution < -0.4 is 10.4 Å². The molecule has 0 spiro atoms. The SMILES string of the molecule is COc1cccc(C2CCCN2C(=O)Cn2nc3n(c2=O)CCCCC3)c1. The van der Waals surface area contributed by atoms with Gasteiger partial charge in [0.25, 0.3) is 0 Å². The van der Waals surface area contributed by atoms with E-state index in [1.54, 1.807) is 11.7 Å². The minimum Gasteiger partial charge on any atom is -0.497 e. The van der Waals surface area contributed by atoms with E-state index in [1.807, 2.05) is 29.2 Å². The van der Waals surface area contributed by atoms with Crippen molar-refractivity contribution < 1.29 is 9.53 Å². The summed E-state index contributed by atoms with van der Waals surface area (Å²) in [5.74, 6) is 1.56. The van der Waals surface area contributed by atoms with Gasteiger partial charge in [0.15, 0.2) is 0 Å². The number of hydrogen-bond donors (Lipinski definition) is 0. The van der Waals surface area contributed by atoms with Crippen LogP contribution in [0.1, 0.15) is 49.5 Å². The van der Waals surface area contributed by atoms with Gasteiger partial charge >= 0.3 is 5.69 Å². The predicted molar refractivity (Wildman–Crippen MR) is 101 cm³/mol. The van der Waals surface area contributed by atoms with Gasteiger partial charge in [-0.15, -0.1) is 0 Å². The second kappa shape index (κ2) is 7.58.